The lowest BCUT2D eigenvalue weighted by Crippen LogP contribution is -2.32. The molecule has 28 heavy (non-hydrogen) atoms. The molecule has 0 spiro atoms. The third kappa shape index (κ3) is 4.04. The van der Waals surface area contributed by atoms with Crippen molar-refractivity contribution in [3.05, 3.63) is 103 Å². The van der Waals surface area contributed by atoms with E-state index in [1.54, 1.807) is 4.90 Å². The van der Waals surface area contributed by atoms with Gasteiger partial charge in [0.25, 0.3) is 5.91 Å². The second-order valence-corrected chi connectivity index (χ2v) is 8.89. The largest absolute Gasteiger partial charge is 0.282 e. The molecule has 1 amide bonds. The topological polar surface area (TPSA) is 32.7 Å². The summed E-state index contributed by atoms with van der Waals surface area (Å²) in [6, 6.07) is 23.2. The number of anilines is 1. The van der Waals surface area contributed by atoms with Crippen molar-refractivity contribution in [1.29, 1.82) is 0 Å². The van der Waals surface area contributed by atoms with Crippen molar-refractivity contribution in [2.75, 3.05) is 4.90 Å². The van der Waals surface area contributed by atoms with E-state index in [-0.39, 0.29) is 5.91 Å². The van der Waals surface area contributed by atoms with E-state index >= 15 is 0 Å². The van der Waals surface area contributed by atoms with Gasteiger partial charge in [-0.15, -0.1) is 0 Å². The molecule has 0 fully saturated rings. The van der Waals surface area contributed by atoms with Gasteiger partial charge >= 0.3 is 0 Å². The van der Waals surface area contributed by atoms with Gasteiger partial charge in [0.15, 0.2) is 0 Å². The van der Waals surface area contributed by atoms with Gasteiger partial charge in [-0.25, -0.2) is 4.99 Å². The fourth-order valence-electron chi connectivity index (χ4n) is 2.92. The number of hydrogen-bond acceptors (Lipinski definition) is 2. The molecule has 1 aliphatic rings. The Hall–Kier alpha value is -2.02. The molecule has 6 heteroatoms. The van der Waals surface area contributed by atoms with Crippen LogP contribution in [-0.4, -0.2) is 11.7 Å². The molecule has 138 valence electrons. The monoisotopic (exact) mass is 558 g/mol. The maximum Gasteiger partial charge on any atom is 0.282 e. The van der Waals surface area contributed by atoms with Crippen LogP contribution in [0.3, 0.4) is 0 Å². The summed E-state index contributed by atoms with van der Waals surface area (Å²) in [5, 5.41) is 0. The number of amidine groups is 1. The molecule has 3 aromatic rings. The first-order valence-electron chi connectivity index (χ1n) is 8.43. The number of hydrogen-bond donors (Lipinski definition) is 0. The maximum absolute atomic E-state index is 13.3. The van der Waals surface area contributed by atoms with Crippen molar-refractivity contribution in [2.45, 2.75) is 0 Å². The van der Waals surface area contributed by atoms with Crippen LogP contribution >= 0.6 is 47.8 Å². The van der Waals surface area contributed by atoms with E-state index in [9.17, 15) is 4.79 Å². The van der Waals surface area contributed by atoms with E-state index in [1.165, 1.54) is 0 Å². The van der Waals surface area contributed by atoms with Gasteiger partial charge < -0.3 is 0 Å². The molecule has 3 nitrogen and oxygen atoms in total. The number of carbonyl (C=O) groups is 1. The van der Waals surface area contributed by atoms with Crippen LogP contribution in [0.1, 0.15) is 11.1 Å². The summed E-state index contributed by atoms with van der Waals surface area (Å²) in [5.41, 5.74) is 2.94. The summed E-state index contributed by atoms with van der Waals surface area (Å²) in [6.45, 7) is 0. The first kappa shape index (κ1) is 19.3. The summed E-state index contributed by atoms with van der Waals surface area (Å²) in [4.78, 5) is 19.6. The van der Waals surface area contributed by atoms with Crippen molar-refractivity contribution < 1.29 is 4.79 Å². The Morgan fingerprint density at radius 2 is 1.46 bits per heavy atom. The van der Waals surface area contributed by atoms with Gasteiger partial charge in [-0.05, 0) is 54.1 Å². The minimum Gasteiger partial charge on any atom is -0.266 e. The lowest BCUT2D eigenvalue weighted by atomic mass is 10.1. The smallest absolute Gasteiger partial charge is 0.266 e. The predicted octanol–water partition coefficient (Wildman–Crippen LogP) is 6.81. The number of amides is 1. The summed E-state index contributed by atoms with van der Waals surface area (Å²) < 4.78 is 2.82. The molecule has 0 aliphatic carbocycles. The Morgan fingerprint density at radius 3 is 2.14 bits per heavy atom. The number of benzene rings is 3. The minimum absolute atomic E-state index is 0.156. The number of nitrogens with zero attached hydrogens (tertiary/aromatic N) is 2. The van der Waals surface area contributed by atoms with E-state index in [0.29, 0.717) is 11.5 Å². The second kappa shape index (κ2) is 8.15. The van der Waals surface area contributed by atoms with Crippen molar-refractivity contribution in [1.82, 2.24) is 0 Å². The van der Waals surface area contributed by atoms with Crippen LogP contribution in [0.5, 0.6) is 0 Å². The molecule has 0 bridgehead atoms. The highest BCUT2D eigenvalue weighted by atomic mass is 79.9. The summed E-state index contributed by atoms with van der Waals surface area (Å²) >= 11 is 10.4. The highest BCUT2D eigenvalue weighted by Crippen LogP contribution is 2.30. The zero-order valence-corrected chi connectivity index (χ0v) is 19.2. The van der Waals surface area contributed by atoms with E-state index < -0.39 is 0 Å². The first-order valence-corrected chi connectivity index (χ1v) is 10.8. The zero-order chi connectivity index (χ0) is 19.7. The molecule has 0 unspecified atom stereocenters. The molecule has 0 aromatic heterocycles. The Kier molecular flexibility index (Phi) is 5.62. The van der Waals surface area contributed by atoms with Gasteiger partial charge in [-0.2, -0.15) is 0 Å². The van der Waals surface area contributed by atoms with E-state index in [4.69, 9.17) is 0 Å². The number of aliphatic imine (C=N–C) groups is 1. The maximum atomic E-state index is 13.3. The standard InChI is InChI=1S/C22H13Br3N2O/c23-16-9-7-15(8-10-16)21-26-20(12-14-3-1-4-17(24)11-14)22(28)27(21)19-6-2-5-18(25)13-19/h1-13H/b20-12+. The molecule has 3 aromatic carbocycles. The van der Waals surface area contributed by atoms with E-state index in [1.807, 2.05) is 78.9 Å². The van der Waals surface area contributed by atoms with Crippen LogP contribution < -0.4 is 4.90 Å². The minimum atomic E-state index is -0.156. The van der Waals surface area contributed by atoms with Gasteiger partial charge in [0.2, 0.25) is 0 Å². The Morgan fingerprint density at radius 1 is 0.786 bits per heavy atom. The highest BCUT2D eigenvalue weighted by Gasteiger charge is 2.32. The lowest BCUT2D eigenvalue weighted by Gasteiger charge is -2.19. The van der Waals surface area contributed by atoms with Crippen molar-refractivity contribution in [2.24, 2.45) is 4.99 Å². The van der Waals surface area contributed by atoms with E-state index in [2.05, 4.69) is 52.8 Å². The first-order chi connectivity index (χ1) is 13.5. The third-order valence-electron chi connectivity index (χ3n) is 4.18. The summed E-state index contributed by atoms with van der Waals surface area (Å²) in [6.07, 6.45) is 1.81. The van der Waals surface area contributed by atoms with Crippen molar-refractivity contribution >= 4 is 71.3 Å². The van der Waals surface area contributed by atoms with Gasteiger partial charge in [0, 0.05) is 19.0 Å². The highest BCUT2D eigenvalue weighted by molar-refractivity contribution is 9.11. The Balaban J connectivity index is 1.84. The van der Waals surface area contributed by atoms with Gasteiger partial charge in [0.1, 0.15) is 11.5 Å². The molecule has 0 saturated heterocycles. The summed E-state index contributed by atoms with van der Waals surface area (Å²) in [5.74, 6) is 0.452. The van der Waals surface area contributed by atoms with Crippen molar-refractivity contribution in [3.8, 4) is 0 Å². The average Bonchev–Trinajstić information content (AvgIpc) is 2.99. The Labute approximate surface area is 188 Å². The van der Waals surface area contributed by atoms with Crippen LogP contribution in [0.4, 0.5) is 5.69 Å². The second-order valence-electron chi connectivity index (χ2n) is 6.15. The lowest BCUT2D eigenvalue weighted by molar-refractivity contribution is -0.113. The van der Waals surface area contributed by atoms with Gasteiger partial charge in [-0.1, -0.05) is 78.1 Å². The molecule has 0 atom stereocenters. The quantitative estimate of drug-likeness (QED) is 0.324. The molecule has 0 N–H and O–H groups in total. The normalized spacial score (nSPS) is 15.2. The van der Waals surface area contributed by atoms with Crippen LogP contribution in [-0.2, 0) is 4.79 Å². The molecular formula is C22H13Br3N2O. The van der Waals surface area contributed by atoms with Gasteiger partial charge in [0.05, 0.1) is 5.69 Å². The molecule has 1 aliphatic heterocycles. The van der Waals surface area contributed by atoms with Crippen LogP contribution in [0, 0.1) is 0 Å². The third-order valence-corrected chi connectivity index (χ3v) is 5.70. The van der Waals surface area contributed by atoms with Crippen LogP contribution in [0.25, 0.3) is 6.08 Å². The fraction of sp³-hybridized carbons (Fsp3) is 0. The molecular weight excluding hydrogens is 548 g/mol. The van der Waals surface area contributed by atoms with Gasteiger partial charge in [-0.3, -0.25) is 9.69 Å². The average molecular weight is 561 g/mol. The zero-order valence-electron chi connectivity index (χ0n) is 14.4. The summed E-state index contributed by atoms with van der Waals surface area (Å²) in [7, 11) is 0. The molecule has 4 rings (SSSR count). The number of halogens is 3. The molecule has 0 saturated carbocycles. The molecule has 1 heterocycles. The fourth-order valence-corrected chi connectivity index (χ4v) is 3.99. The number of rotatable bonds is 3. The van der Waals surface area contributed by atoms with Crippen molar-refractivity contribution in [3.63, 3.8) is 0 Å². The van der Waals surface area contributed by atoms with E-state index in [0.717, 1.165) is 30.2 Å². The van der Waals surface area contributed by atoms with Crippen LogP contribution in [0.15, 0.2) is 96.9 Å². The van der Waals surface area contributed by atoms with Crippen LogP contribution in [0.2, 0.25) is 0 Å². The SMILES string of the molecule is O=C1/C(=C\c2cccc(Br)c2)N=C(c2ccc(Br)cc2)N1c1cccc(Br)c1. The number of carbonyl (C=O) groups excluding carboxylic acids is 1. The Bertz CT molecular complexity index is 1120. The predicted molar refractivity (Wildman–Crippen MR) is 124 cm³/mol. The molecule has 0 radical (unpaired) electrons.